The number of ether oxygens (including phenoxy) is 1. The third-order valence-electron chi connectivity index (χ3n) is 7.55. The Bertz CT molecular complexity index is 971. The standard InChI is InChI=1S/C31H49NO4Si/c1-11-12-14-21-25(36-37(9,10)30(5,6)7)22-17-18-23-31(8)28(34)35-27(29(2,3)4)32(31)26(33)24-19-15-13-16-20-24/h12-20,25,27H,11,21-23H2,1-10H3/t25?,27-,31+/m1/s1. The number of nitrogens with zero attached hydrogens (tertiary/aromatic N) is 1. The highest BCUT2D eigenvalue weighted by molar-refractivity contribution is 6.74. The maximum Gasteiger partial charge on any atom is 0.334 e. The highest BCUT2D eigenvalue weighted by Gasteiger charge is 2.57. The molecule has 1 aromatic rings. The smallest absolute Gasteiger partial charge is 0.334 e. The number of hydrogen-bond donors (Lipinski definition) is 0. The minimum atomic E-state index is -1.93. The lowest BCUT2D eigenvalue weighted by Crippen LogP contribution is -2.54. The van der Waals surface area contributed by atoms with Gasteiger partial charge in [-0.05, 0) is 62.9 Å². The highest BCUT2D eigenvalue weighted by Crippen LogP contribution is 2.41. The number of hydrogen-bond acceptors (Lipinski definition) is 4. The van der Waals surface area contributed by atoms with E-state index in [1.807, 2.05) is 52.0 Å². The van der Waals surface area contributed by atoms with Crippen LogP contribution in [0.3, 0.4) is 0 Å². The summed E-state index contributed by atoms with van der Waals surface area (Å²) in [5.74, 6) is -0.549. The zero-order valence-corrected chi connectivity index (χ0v) is 25.8. The predicted octanol–water partition coefficient (Wildman–Crippen LogP) is 7.90. The summed E-state index contributed by atoms with van der Waals surface area (Å²) in [7, 11) is -1.93. The molecule has 0 aromatic heterocycles. The van der Waals surface area contributed by atoms with Crippen LogP contribution in [-0.2, 0) is 14.0 Å². The van der Waals surface area contributed by atoms with Gasteiger partial charge in [0.25, 0.3) is 5.91 Å². The van der Waals surface area contributed by atoms with Crippen molar-refractivity contribution in [2.75, 3.05) is 0 Å². The van der Waals surface area contributed by atoms with Crippen LogP contribution in [0.4, 0.5) is 0 Å². The van der Waals surface area contributed by atoms with Gasteiger partial charge in [0, 0.05) is 11.0 Å². The van der Waals surface area contributed by atoms with Gasteiger partial charge >= 0.3 is 5.97 Å². The first-order valence-corrected chi connectivity index (χ1v) is 16.5. The normalized spacial score (nSPS) is 22.2. The van der Waals surface area contributed by atoms with E-state index in [4.69, 9.17) is 9.16 Å². The molecule has 1 unspecified atom stereocenters. The Morgan fingerprint density at radius 1 is 1.05 bits per heavy atom. The second-order valence-corrected chi connectivity index (χ2v) is 17.7. The number of rotatable bonds is 10. The molecule has 0 aliphatic carbocycles. The maximum atomic E-state index is 13.7. The Balaban J connectivity index is 2.27. The molecular weight excluding hydrogens is 478 g/mol. The molecule has 1 amide bonds. The van der Waals surface area contributed by atoms with Crippen LogP contribution in [0.1, 0.15) is 91.4 Å². The Labute approximate surface area is 226 Å². The first-order chi connectivity index (χ1) is 17.0. The van der Waals surface area contributed by atoms with Gasteiger partial charge in [-0.25, -0.2) is 4.79 Å². The van der Waals surface area contributed by atoms with E-state index in [1.54, 1.807) is 17.0 Å². The zero-order valence-electron chi connectivity index (χ0n) is 24.8. The van der Waals surface area contributed by atoms with Crippen LogP contribution >= 0.6 is 0 Å². The summed E-state index contributed by atoms with van der Waals surface area (Å²) >= 11 is 0. The van der Waals surface area contributed by atoms with E-state index in [-0.39, 0.29) is 23.0 Å². The van der Waals surface area contributed by atoms with Crippen molar-refractivity contribution < 1.29 is 18.8 Å². The Morgan fingerprint density at radius 3 is 2.14 bits per heavy atom. The topological polar surface area (TPSA) is 55.8 Å². The van der Waals surface area contributed by atoms with Gasteiger partial charge in [0.15, 0.2) is 14.5 Å². The minimum absolute atomic E-state index is 0.0765. The molecule has 0 N–H and O–H groups in total. The van der Waals surface area contributed by atoms with E-state index in [9.17, 15) is 9.59 Å². The highest BCUT2D eigenvalue weighted by atomic mass is 28.4. The van der Waals surface area contributed by atoms with Crippen molar-refractivity contribution in [1.29, 1.82) is 0 Å². The molecule has 0 radical (unpaired) electrons. The van der Waals surface area contributed by atoms with E-state index in [1.165, 1.54) is 0 Å². The summed E-state index contributed by atoms with van der Waals surface area (Å²) in [6, 6.07) is 9.13. The van der Waals surface area contributed by atoms with E-state index in [0.29, 0.717) is 12.0 Å². The van der Waals surface area contributed by atoms with E-state index in [0.717, 1.165) is 19.3 Å². The van der Waals surface area contributed by atoms with Crippen molar-refractivity contribution in [2.24, 2.45) is 5.41 Å². The van der Waals surface area contributed by atoms with Crippen LogP contribution in [-0.4, -0.2) is 43.0 Å². The lowest BCUT2D eigenvalue weighted by atomic mass is 9.89. The second kappa shape index (κ2) is 12.1. The van der Waals surface area contributed by atoms with Crippen LogP contribution in [0.5, 0.6) is 0 Å². The summed E-state index contributed by atoms with van der Waals surface area (Å²) in [5.41, 5.74) is -0.954. The molecule has 37 heavy (non-hydrogen) atoms. The molecule has 2 rings (SSSR count). The molecule has 1 aromatic carbocycles. The van der Waals surface area contributed by atoms with E-state index < -0.39 is 25.5 Å². The van der Waals surface area contributed by atoms with Gasteiger partial charge in [0.2, 0.25) is 0 Å². The number of esters is 1. The van der Waals surface area contributed by atoms with Crippen molar-refractivity contribution in [3.05, 3.63) is 60.2 Å². The van der Waals surface area contributed by atoms with Gasteiger partial charge in [0.05, 0.1) is 6.10 Å². The fraction of sp³-hybridized carbons (Fsp3) is 0.613. The molecule has 0 bridgehead atoms. The summed E-state index contributed by atoms with van der Waals surface area (Å²) in [6.45, 7) is 21.2. The molecule has 1 aliphatic heterocycles. The number of cyclic esters (lactones) is 1. The third kappa shape index (κ3) is 7.67. The second-order valence-electron chi connectivity index (χ2n) is 13.0. The summed E-state index contributed by atoms with van der Waals surface area (Å²) in [4.78, 5) is 28.5. The van der Waals surface area contributed by atoms with Crippen molar-refractivity contribution in [3.63, 3.8) is 0 Å². The van der Waals surface area contributed by atoms with Crippen molar-refractivity contribution in [3.8, 4) is 0 Å². The molecule has 0 saturated carbocycles. The van der Waals surface area contributed by atoms with Crippen LogP contribution in [0.2, 0.25) is 18.1 Å². The first-order valence-electron chi connectivity index (χ1n) is 13.6. The maximum absolute atomic E-state index is 13.7. The Hall–Kier alpha value is -2.18. The van der Waals surface area contributed by atoms with E-state index in [2.05, 4.69) is 59.0 Å². The van der Waals surface area contributed by atoms with Crippen molar-refractivity contribution in [1.82, 2.24) is 4.90 Å². The molecule has 1 heterocycles. The monoisotopic (exact) mass is 527 g/mol. The third-order valence-corrected chi connectivity index (χ3v) is 12.1. The molecule has 206 valence electrons. The Morgan fingerprint density at radius 2 is 1.62 bits per heavy atom. The van der Waals surface area contributed by atoms with Gasteiger partial charge in [-0.2, -0.15) is 0 Å². The van der Waals surface area contributed by atoms with Crippen LogP contribution in [0, 0.1) is 5.41 Å². The van der Waals surface area contributed by atoms with Gasteiger partial charge < -0.3 is 9.16 Å². The van der Waals surface area contributed by atoms with E-state index >= 15 is 0 Å². The number of allylic oxidation sites excluding steroid dienone is 1. The van der Waals surface area contributed by atoms with Gasteiger partial charge in [-0.3, -0.25) is 9.69 Å². The number of amides is 1. The first kappa shape index (κ1) is 31.0. The average molecular weight is 528 g/mol. The van der Waals surface area contributed by atoms with Gasteiger partial charge in [-0.1, -0.05) is 91.0 Å². The number of carbonyl (C=O) groups excluding carboxylic acids is 2. The predicted molar refractivity (Wildman–Crippen MR) is 155 cm³/mol. The molecule has 1 fully saturated rings. The zero-order chi connectivity index (χ0) is 28.1. The van der Waals surface area contributed by atoms with Gasteiger partial charge in [-0.15, -0.1) is 0 Å². The van der Waals surface area contributed by atoms with Crippen molar-refractivity contribution >= 4 is 20.2 Å². The fourth-order valence-electron chi connectivity index (χ4n) is 4.20. The number of carbonyl (C=O) groups is 2. The molecule has 1 saturated heterocycles. The van der Waals surface area contributed by atoms with Crippen LogP contribution in [0.15, 0.2) is 54.6 Å². The lowest BCUT2D eigenvalue weighted by molar-refractivity contribution is -0.148. The molecule has 5 nitrogen and oxygen atoms in total. The van der Waals surface area contributed by atoms with Crippen molar-refractivity contribution in [2.45, 2.75) is 117 Å². The van der Waals surface area contributed by atoms with Crippen LogP contribution < -0.4 is 0 Å². The molecule has 3 atom stereocenters. The average Bonchev–Trinajstić information content (AvgIpc) is 3.07. The molecule has 0 spiro atoms. The summed E-state index contributed by atoms with van der Waals surface area (Å²) < 4.78 is 12.6. The molecular formula is C31H49NO4Si. The Kier molecular flexibility index (Phi) is 10.2. The minimum Gasteiger partial charge on any atom is -0.439 e. The van der Waals surface area contributed by atoms with Crippen LogP contribution in [0.25, 0.3) is 0 Å². The summed E-state index contributed by atoms with van der Waals surface area (Å²) in [6.07, 6.45) is 10.9. The lowest BCUT2D eigenvalue weighted by Gasteiger charge is -2.39. The quantitative estimate of drug-likeness (QED) is 0.176. The largest absolute Gasteiger partial charge is 0.439 e. The fourth-order valence-corrected chi connectivity index (χ4v) is 5.58. The SMILES string of the molecule is CCC=CCC(CC=CC[C@@]1(C)C(=O)O[C@H](C(C)(C)C)N1C(=O)c1ccccc1)O[Si](C)(C)C(C)(C)C. The van der Waals surface area contributed by atoms with Gasteiger partial charge in [0.1, 0.15) is 5.54 Å². The summed E-state index contributed by atoms with van der Waals surface area (Å²) in [5, 5.41) is 0.130. The molecule has 6 heteroatoms. The number of benzene rings is 1. The molecule has 1 aliphatic rings.